The van der Waals surface area contributed by atoms with Crippen LogP contribution in [0.3, 0.4) is 0 Å². The van der Waals surface area contributed by atoms with Crippen LogP contribution < -0.4 is 5.73 Å². The van der Waals surface area contributed by atoms with Crippen LogP contribution in [0.1, 0.15) is 24.2 Å². The van der Waals surface area contributed by atoms with E-state index in [4.69, 9.17) is 5.73 Å². The van der Waals surface area contributed by atoms with Crippen molar-refractivity contribution in [3.63, 3.8) is 0 Å². The van der Waals surface area contributed by atoms with Gasteiger partial charge in [0, 0.05) is 12.1 Å². The number of hydrogen-bond donors (Lipinski definition) is 1. The Bertz CT molecular complexity index is 563. The predicted octanol–water partition coefficient (Wildman–Crippen LogP) is 3.19. The Morgan fingerprint density at radius 2 is 2.00 bits per heavy atom. The predicted molar refractivity (Wildman–Crippen MR) is 72.6 cm³/mol. The molecule has 0 bridgehead atoms. The molecule has 1 atom stereocenters. The molecule has 1 aromatic heterocycles. The summed E-state index contributed by atoms with van der Waals surface area (Å²) in [5.41, 5.74) is 6.81. The molecule has 0 spiro atoms. The molecule has 0 saturated carbocycles. The highest BCUT2D eigenvalue weighted by atomic mass is 79.9. The molecule has 102 valence electrons. The molecule has 6 heteroatoms. The van der Waals surface area contributed by atoms with Gasteiger partial charge in [-0.25, -0.2) is 8.78 Å². The van der Waals surface area contributed by atoms with Crippen molar-refractivity contribution < 1.29 is 8.78 Å². The van der Waals surface area contributed by atoms with Gasteiger partial charge in [-0.2, -0.15) is 5.10 Å². The van der Waals surface area contributed by atoms with Gasteiger partial charge >= 0.3 is 0 Å². The molecule has 1 unspecified atom stereocenters. The summed E-state index contributed by atoms with van der Waals surface area (Å²) in [4.78, 5) is 0. The van der Waals surface area contributed by atoms with E-state index in [9.17, 15) is 8.78 Å². The Morgan fingerprint density at radius 1 is 1.37 bits per heavy atom. The first-order valence-electron chi connectivity index (χ1n) is 5.94. The molecule has 0 aliphatic carbocycles. The zero-order valence-corrected chi connectivity index (χ0v) is 12.0. The fraction of sp³-hybridized carbons (Fsp3) is 0.308. The molecule has 19 heavy (non-hydrogen) atoms. The summed E-state index contributed by atoms with van der Waals surface area (Å²) in [5, 5.41) is 4.14. The number of rotatable bonds is 4. The van der Waals surface area contributed by atoms with Crippen LogP contribution >= 0.6 is 15.9 Å². The third-order valence-corrected chi connectivity index (χ3v) is 3.58. The largest absolute Gasteiger partial charge is 0.322 e. The monoisotopic (exact) mass is 329 g/mol. The first-order chi connectivity index (χ1) is 9.04. The van der Waals surface area contributed by atoms with Gasteiger partial charge in [0.25, 0.3) is 0 Å². The van der Waals surface area contributed by atoms with Gasteiger partial charge in [-0.3, -0.25) is 4.68 Å². The van der Waals surface area contributed by atoms with Gasteiger partial charge < -0.3 is 5.73 Å². The number of aromatic nitrogens is 2. The lowest BCUT2D eigenvalue weighted by Gasteiger charge is -2.15. The summed E-state index contributed by atoms with van der Waals surface area (Å²) in [6.45, 7) is 2.58. The molecule has 2 aromatic rings. The molecular formula is C13H14BrF2N3. The summed E-state index contributed by atoms with van der Waals surface area (Å²) in [6, 6.07) is 3.28. The van der Waals surface area contributed by atoms with Crippen LogP contribution in [0.15, 0.2) is 28.9 Å². The first-order valence-corrected chi connectivity index (χ1v) is 6.73. The normalized spacial score (nSPS) is 12.7. The maximum Gasteiger partial charge on any atom is 0.129 e. The van der Waals surface area contributed by atoms with E-state index in [1.165, 1.54) is 18.2 Å². The number of aryl methyl sites for hydroxylation is 1. The SMILES string of the molecule is CCn1ncc(Br)c1C(N)Cc1c(F)cccc1F. The lowest BCUT2D eigenvalue weighted by molar-refractivity contribution is 0.519. The van der Waals surface area contributed by atoms with E-state index in [1.54, 1.807) is 10.9 Å². The van der Waals surface area contributed by atoms with Crippen molar-refractivity contribution in [1.29, 1.82) is 0 Å². The van der Waals surface area contributed by atoms with Crippen molar-refractivity contribution in [2.75, 3.05) is 0 Å². The van der Waals surface area contributed by atoms with E-state index < -0.39 is 17.7 Å². The number of hydrogen-bond acceptors (Lipinski definition) is 2. The lowest BCUT2D eigenvalue weighted by atomic mass is 10.0. The Morgan fingerprint density at radius 3 is 2.58 bits per heavy atom. The van der Waals surface area contributed by atoms with E-state index in [0.29, 0.717) is 6.54 Å². The van der Waals surface area contributed by atoms with E-state index in [2.05, 4.69) is 21.0 Å². The van der Waals surface area contributed by atoms with Gasteiger partial charge in [-0.1, -0.05) is 6.07 Å². The van der Waals surface area contributed by atoms with Gasteiger partial charge in [0.2, 0.25) is 0 Å². The summed E-state index contributed by atoms with van der Waals surface area (Å²) in [6.07, 6.45) is 1.72. The van der Waals surface area contributed by atoms with Crippen LogP contribution in [0.5, 0.6) is 0 Å². The molecule has 0 radical (unpaired) electrons. The summed E-state index contributed by atoms with van der Waals surface area (Å²) in [5.74, 6) is -1.15. The van der Waals surface area contributed by atoms with E-state index >= 15 is 0 Å². The Hall–Kier alpha value is -1.27. The van der Waals surface area contributed by atoms with Crippen molar-refractivity contribution in [2.24, 2.45) is 5.73 Å². The van der Waals surface area contributed by atoms with Crippen molar-refractivity contribution >= 4 is 15.9 Å². The van der Waals surface area contributed by atoms with Gasteiger partial charge in [0.1, 0.15) is 11.6 Å². The Labute approximate surface area is 118 Å². The minimum Gasteiger partial charge on any atom is -0.322 e. The quantitative estimate of drug-likeness (QED) is 0.936. The average Bonchev–Trinajstić information content (AvgIpc) is 2.75. The zero-order chi connectivity index (χ0) is 14.0. The maximum atomic E-state index is 13.6. The summed E-state index contributed by atoms with van der Waals surface area (Å²) >= 11 is 3.36. The second-order valence-corrected chi connectivity index (χ2v) is 5.06. The van der Waals surface area contributed by atoms with Crippen LogP contribution in [0, 0.1) is 11.6 Å². The van der Waals surface area contributed by atoms with Crippen LogP contribution in [0.4, 0.5) is 8.78 Å². The molecular weight excluding hydrogens is 316 g/mol. The van der Waals surface area contributed by atoms with Gasteiger partial charge in [-0.15, -0.1) is 0 Å². The highest BCUT2D eigenvalue weighted by molar-refractivity contribution is 9.10. The topological polar surface area (TPSA) is 43.8 Å². The van der Waals surface area contributed by atoms with E-state index in [1.807, 2.05) is 6.92 Å². The minimum absolute atomic E-state index is 0.00533. The van der Waals surface area contributed by atoms with Crippen molar-refractivity contribution in [2.45, 2.75) is 25.9 Å². The molecule has 0 aliphatic heterocycles. The standard InChI is InChI=1S/C13H14BrF2N3/c1-2-19-13(9(14)7-18-19)12(17)6-8-10(15)4-3-5-11(8)16/h3-5,7,12H,2,6,17H2,1H3. The second-order valence-electron chi connectivity index (χ2n) is 4.20. The molecule has 0 fully saturated rings. The van der Waals surface area contributed by atoms with Gasteiger partial charge in [0.15, 0.2) is 0 Å². The molecule has 2 rings (SSSR count). The number of benzene rings is 1. The highest BCUT2D eigenvalue weighted by Crippen LogP contribution is 2.26. The van der Waals surface area contributed by atoms with Gasteiger partial charge in [-0.05, 0) is 41.4 Å². The summed E-state index contributed by atoms with van der Waals surface area (Å²) < 4.78 is 29.7. The fourth-order valence-corrected chi connectivity index (χ4v) is 2.63. The molecule has 0 aliphatic rings. The zero-order valence-electron chi connectivity index (χ0n) is 10.4. The maximum absolute atomic E-state index is 13.6. The molecule has 0 saturated heterocycles. The summed E-state index contributed by atoms with van der Waals surface area (Å²) in [7, 11) is 0. The first kappa shape index (κ1) is 14.1. The Balaban J connectivity index is 2.31. The Kier molecular flexibility index (Phi) is 4.31. The molecule has 0 amide bonds. The third-order valence-electron chi connectivity index (χ3n) is 2.97. The van der Waals surface area contributed by atoms with Crippen LogP contribution in [0.25, 0.3) is 0 Å². The van der Waals surface area contributed by atoms with Gasteiger partial charge in [0.05, 0.1) is 22.4 Å². The van der Waals surface area contributed by atoms with Crippen LogP contribution in [-0.2, 0) is 13.0 Å². The highest BCUT2D eigenvalue weighted by Gasteiger charge is 2.19. The van der Waals surface area contributed by atoms with Crippen molar-refractivity contribution in [1.82, 2.24) is 9.78 Å². The average molecular weight is 330 g/mol. The van der Waals surface area contributed by atoms with Crippen LogP contribution in [-0.4, -0.2) is 9.78 Å². The van der Waals surface area contributed by atoms with Crippen LogP contribution in [0.2, 0.25) is 0 Å². The number of nitrogens with zero attached hydrogens (tertiary/aromatic N) is 2. The number of halogens is 3. The lowest BCUT2D eigenvalue weighted by Crippen LogP contribution is -2.20. The van der Waals surface area contributed by atoms with E-state index in [0.717, 1.165) is 10.2 Å². The molecule has 2 N–H and O–H groups in total. The van der Waals surface area contributed by atoms with E-state index in [-0.39, 0.29) is 12.0 Å². The molecule has 1 aromatic carbocycles. The second kappa shape index (κ2) is 5.79. The smallest absolute Gasteiger partial charge is 0.129 e. The third kappa shape index (κ3) is 2.84. The minimum atomic E-state index is -0.575. The van der Waals surface area contributed by atoms with Crippen molar-refractivity contribution in [3.8, 4) is 0 Å². The fourth-order valence-electron chi connectivity index (χ4n) is 2.04. The molecule has 3 nitrogen and oxygen atoms in total. The molecule has 1 heterocycles. The number of nitrogens with two attached hydrogens (primary N) is 1. The van der Waals surface area contributed by atoms with Crippen molar-refractivity contribution in [3.05, 3.63) is 51.8 Å².